The number of sulfone groups is 1. The van der Waals surface area contributed by atoms with E-state index >= 15 is 0 Å². The molecule has 0 radical (unpaired) electrons. The monoisotopic (exact) mass is 651 g/mol. The Morgan fingerprint density at radius 2 is 1.10 bits per heavy atom. The van der Waals surface area contributed by atoms with Crippen LogP contribution in [0.2, 0.25) is 0 Å². The molecule has 7 aromatic carbocycles. The van der Waals surface area contributed by atoms with Gasteiger partial charge in [-0.25, -0.2) is 8.42 Å². The van der Waals surface area contributed by atoms with Crippen molar-refractivity contribution in [2.24, 2.45) is 0 Å². The molecule has 0 N–H and O–H groups in total. The molecule has 0 atom stereocenters. The maximum absolute atomic E-state index is 13.1. The Labute approximate surface area is 287 Å². The van der Waals surface area contributed by atoms with Crippen molar-refractivity contribution in [1.29, 1.82) is 0 Å². The Balaban J connectivity index is 1.01. The first kappa shape index (κ1) is 28.6. The van der Waals surface area contributed by atoms with E-state index in [4.69, 9.17) is 0 Å². The molecule has 0 saturated heterocycles. The number of anilines is 3. The highest BCUT2D eigenvalue weighted by Crippen LogP contribution is 2.52. The molecule has 0 spiro atoms. The average Bonchev–Trinajstić information content (AvgIpc) is 3.35. The van der Waals surface area contributed by atoms with E-state index in [1.54, 1.807) is 18.2 Å². The Morgan fingerprint density at radius 3 is 1.88 bits per heavy atom. The van der Waals surface area contributed by atoms with Crippen molar-refractivity contribution in [3.05, 3.63) is 173 Å². The Bertz CT molecular complexity index is 2620. The van der Waals surface area contributed by atoms with Crippen LogP contribution in [-0.4, -0.2) is 8.42 Å². The Morgan fingerprint density at radius 1 is 0.510 bits per heavy atom. The molecule has 0 saturated carbocycles. The van der Waals surface area contributed by atoms with Crippen LogP contribution in [0, 0.1) is 0 Å². The van der Waals surface area contributed by atoms with Crippen molar-refractivity contribution < 1.29 is 8.42 Å². The van der Waals surface area contributed by atoms with Crippen LogP contribution in [0.25, 0.3) is 33.0 Å². The SMILES string of the molecule is CC1(C)c2ccccc2N(c2ccc3cc4c(cc3c2)Cc2ccc(-c3ccc5c(c3)-c3ccccc3S5(=O)=O)cc2C4)c2ccccc21. The van der Waals surface area contributed by atoms with Crippen molar-refractivity contribution in [2.45, 2.75) is 41.9 Å². The largest absolute Gasteiger partial charge is 0.310 e. The third-order valence-electron chi connectivity index (χ3n) is 11.1. The van der Waals surface area contributed by atoms with Crippen molar-refractivity contribution in [3.8, 4) is 22.3 Å². The van der Waals surface area contributed by atoms with Gasteiger partial charge in [0.25, 0.3) is 0 Å². The zero-order valence-electron chi connectivity index (χ0n) is 27.4. The zero-order valence-corrected chi connectivity index (χ0v) is 28.2. The molecule has 10 rings (SSSR count). The van der Waals surface area contributed by atoms with Gasteiger partial charge in [0.1, 0.15) is 0 Å². The van der Waals surface area contributed by atoms with Gasteiger partial charge in [-0.05, 0) is 111 Å². The summed E-state index contributed by atoms with van der Waals surface area (Å²) < 4.78 is 26.3. The predicted octanol–water partition coefficient (Wildman–Crippen LogP) is 10.9. The van der Waals surface area contributed by atoms with E-state index in [1.165, 1.54) is 61.2 Å². The number of hydrogen-bond donors (Lipinski definition) is 0. The lowest BCUT2D eigenvalue weighted by molar-refractivity contribution is 0.598. The number of para-hydroxylation sites is 2. The fourth-order valence-electron chi connectivity index (χ4n) is 8.54. The third-order valence-corrected chi connectivity index (χ3v) is 12.9. The molecule has 3 aliphatic rings. The first-order valence-electron chi connectivity index (χ1n) is 16.9. The number of fused-ring (bicyclic) bond motifs is 8. The van der Waals surface area contributed by atoms with Crippen LogP contribution in [0.5, 0.6) is 0 Å². The second-order valence-corrected chi connectivity index (χ2v) is 16.1. The van der Waals surface area contributed by atoms with Gasteiger partial charge in [0.15, 0.2) is 0 Å². The minimum absolute atomic E-state index is 0.0839. The summed E-state index contributed by atoms with van der Waals surface area (Å²) in [6.45, 7) is 4.65. The van der Waals surface area contributed by atoms with Crippen LogP contribution in [0.3, 0.4) is 0 Å². The molecule has 7 aromatic rings. The van der Waals surface area contributed by atoms with Crippen molar-refractivity contribution in [3.63, 3.8) is 0 Å². The van der Waals surface area contributed by atoms with E-state index in [0.717, 1.165) is 35.1 Å². The highest BCUT2D eigenvalue weighted by molar-refractivity contribution is 7.92. The van der Waals surface area contributed by atoms with Crippen molar-refractivity contribution in [1.82, 2.24) is 0 Å². The van der Waals surface area contributed by atoms with E-state index in [-0.39, 0.29) is 5.41 Å². The molecule has 0 unspecified atom stereocenters. The van der Waals surface area contributed by atoms with Gasteiger partial charge in [-0.2, -0.15) is 0 Å². The van der Waals surface area contributed by atoms with Gasteiger partial charge in [0, 0.05) is 22.2 Å². The van der Waals surface area contributed by atoms with Crippen LogP contribution in [0.15, 0.2) is 149 Å². The topological polar surface area (TPSA) is 37.4 Å². The van der Waals surface area contributed by atoms with Gasteiger partial charge in [0.2, 0.25) is 9.84 Å². The highest BCUT2D eigenvalue weighted by atomic mass is 32.2. The summed E-state index contributed by atoms with van der Waals surface area (Å²) in [5, 5.41) is 2.50. The molecule has 236 valence electrons. The summed E-state index contributed by atoms with van der Waals surface area (Å²) in [5.41, 5.74) is 15.4. The Hall–Kier alpha value is -5.45. The van der Waals surface area contributed by atoms with E-state index in [0.29, 0.717) is 9.79 Å². The maximum atomic E-state index is 13.1. The molecular formula is C45H33NO2S. The molecule has 49 heavy (non-hydrogen) atoms. The highest BCUT2D eigenvalue weighted by Gasteiger charge is 2.36. The quantitative estimate of drug-likeness (QED) is 0.187. The lowest BCUT2D eigenvalue weighted by atomic mass is 9.73. The molecular weight excluding hydrogens is 619 g/mol. The number of benzene rings is 7. The summed E-state index contributed by atoms with van der Waals surface area (Å²) in [5.74, 6) is 0. The second-order valence-electron chi connectivity index (χ2n) is 14.2. The normalized spacial score (nSPS) is 15.8. The summed E-state index contributed by atoms with van der Waals surface area (Å²) >= 11 is 0. The lowest BCUT2D eigenvalue weighted by Crippen LogP contribution is -2.30. The number of nitrogens with zero attached hydrogens (tertiary/aromatic N) is 1. The standard InChI is InChI=1S/C45H33NO2S/c1-45(2)39-10-4-6-12-41(39)46(42-13-7-5-11-40(42)45)36-19-17-30-23-33-24-32-21-28(15-16-29(32)22-34(33)25-35(30)26-36)31-18-20-44-38(27-31)37-9-3-8-14-43(37)49(44,47)48/h3-21,23,25-27H,22,24H2,1-2H3. The van der Waals surface area contributed by atoms with Crippen molar-refractivity contribution in [2.75, 3.05) is 4.90 Å². The summed E-state index contributed by atoms with van der Waals surface area (Å²) in [6.07, 6.45) is 1.77. The lowest BCUT2D eigenvalue weighted by Gasteiger charge is -2.42. The molecule has 3 nitrogen and oxygen atoms in total. The van der Waals surface area contributed by atoms with E-state index in [1.807, 2.05) is 24.3 Å². The number of rotatable bonds is 2. The van der Waals surface area contributed by atoms with Crippen LogP contribution in [0.4, 0.5) is 17.1 Å². The predicted molar refractivity (Wildman–Crippen MR) is 199 cm³/mol. The van der Waals surface area contributed by atoms with Crippen LogP contribution in [-0.2, 0) is 28.1 Å². The van der Waals surface area contributed by atoms with Gasteiger partial charge >= 0.3 is 0 Å². The van der Waals surface area contributed by atoms with Crippen LogP contribution >= 0.6 is 0 Å². The van der Waals surface area contributed by atoms with E-state index in [9.17, 15) is 8.42 Å². The van der Waals surface area contributed by atoms with Crippen LogP contribution in [0.1, 0.15) is 47.2 Å². The van der Waals surface area contributed by atoms with Crippen LogP contribution < -0.4 is 4.90 Å². The first-order chi connectivity index (χ1) is 23.8. The van der Waals surface area contributed by atoms with Gasteiger partial charge in [-0.15, -0.1) is 0 Å². The molecule has 2 heterocycles. The van der Waals surface area contributed by atoms with Gasteiger partial charge in [0.05, 0.1) is 21.2 Å². The zero-order chi connectivity index (χ0) is 33.1. The van der Waals surface area contributed by atoms with Crippen molar-refractivity contribution >= 4 is 37.7 Å². The molecule has 0 aromatic heterocycles. The summed E-state index contributed by atoms with van der Waals surface area (Å²) in [7, 11) is -3.47. The smallest absolute Gasteiger partial charge is 0.207 e. The fraction of sp³-hybridized carbons (Fsp3) is 0.111. The molecule has 0 bridgehead atoms. The maximum Gasteiger partial charge on any atom is 0.207 e. The molecule has 4 heteroatoms. The van der Waals surface area contributed by atoms with E-state index < -0.39 is 9.84 Å². The van der Waals surface area contributed by atoms with Gasteiger partial charge in [-0.1, -0.05) is 111 Å². The average molecular weight is 652 g/mol. The second kappa shape index (κ2) is 10.0. The minimum Gasteiger partial charge on any atom is -0.310 e. The molecule has 0 fully saturated rings. The third kappa shape index (κ3) is 4.11. The van der Waals surface area contributed by atoms with Gasteiger partial charge in [-0.3, -0.25) is 0 Å². The molecule has 1 aliphatic carbocycles. The summed E-state index contributed by atoms with van der Waals surface area (Å²) in [6, 6.07) is 49.1. The fourth-order valence-corrected chi connectivity index (χ4v) is 10.2. The minimum atomic E-state index is -3.47. The molecule has 2 aliphatic heterocycles. The van der Waals surface area contributed by atoms with E-state index in [2.05, 4.69) is 116 Å². The Kier molecular flexibility index (Phi) is 5.85. The summed E-state index contributed by atoms with van der Waals surface area (Å²) in [4.78, 5) is 3.23. The molecule has 0 amide bonds. The first-order valence-corrected chi connectivity index (χ1v) is 18.4. The number of hydrogen-bond acceptors (Lipinski definition) is 3. The van der Waals surface area contributed by atoms with Gasteiger partial charge < -0.3 is 4.90 Å².